The highest BCUT2D eigenvalue weighted by molar-refractivity contribution is 6.34. The Bertz CT molecular complexity index is 641. The maximum Gasteiger partial charge on any atom is 0.573 e. The van der Waals surface area contributed by atoms with Gasteiger partial charge in [-0.05, 0) is 23.8 Å². The number of hydrogen-bond acceptors (Lipinski definition) is 2. The Morgan fingerprint density at radius 1 is 1.05 bits per heavy atom. The first-order chi connectivity index (χ1) is 9.78. The van der Waals surface area contributed by atoms with Crippen molar-refractivity contribution in [2.75, 3.05) is 19.0 Å². The molecule has 0 radical (unpaired) electrons. The first-order valence-electron chi connectivity index (χ1n) is 6.10. The third kappa shape index (κ3) is 3.82. The molecule has 0 atom stereocenters. The molecular weight excluding hydrogens is 303 g/mol. The van der Waals surface area contributed by atoms with E-state index in [0.717, 1.165) is 11.3 Å². The summed E-state index contributed by atoms with van der Waals surface area (Å²) < 4.78 is 40.8. The molecule has 112 valence electrons. The molecule has 2 rings (SSSR count). The van der Waals surface area contributed by atoms with E-state index in [-0.39, 0.29) is 5.75 Å². The number of nitrogens with zero attached hydrogens (tertiary/aromatic N) is 1. The molecule has 0 saturated heterocycles. The molecule has 0 aliphatic rings. The number of hydrogen-bond donors (Lipinski definition) is 0. The Balaban J connectivity index is 2.48. The van der Waals surface area contributed by atoms with Gasteiger partial charge in [0.05, 0.1) is 10.7 Å². The number of benzene rings is 2. The van der Waals surface area contributed by atoms with Crippen molar-refractivity contribution in [1.82, 2.24) is 0 Å². The molecule has 0 spiro atoms. The lowest BCUT2D eigenvalue weighted by atomic mass is 10.0. The van der Waals surface area contributed by atoms with Gasteiger partial charge in [0, 0.05) is 19.7 Å². The molecule has 0 heterocycles. The van der Waals surface area contributed by atoms with Gasteiger partial charge in [0.25, 0.3) is 0 Å². The van der Waals surface area contributed by atoms with Crippen molar-refractivity contribution in [3.05, 3.63) is 47.5 Å². The van der Waals surface area contributed by atoms with Crippen molar-refractivity contribution < 1.29 is 17.9 Å². The van der Waals surface area contributed by atoms with Crippen LogP contribution in [0.25, 0.3) is 11.1 Å². The van der Waals surface area contributed by atoms with Gasteiger partial charge in [-0.25, -0.2) is 0 Å². The number of alkyl halides is 3. The second kappa shape index (κ2) is 5.85. The van der Waals surface area contributed by atoms with Crippen molar-refractivity contribution in [1.29, 1.82) is 0 Å². The number of rotatable bonds is 3. The van der Waals surface area contributed by atoms with E-state index in [0.29, 0.717) is 10.6 Å². The van der Waals surface area contributed by atoms with Gasteiger partial charge in [-0.3, -0.25) is 0 Å². The average Bonchev–Trinajstić information content (AvgIpc) is 2.36. The van der Waals surface area contributed by atoms with E-state index in [2.05, 4.69) is 4.74 Å². The Hall–Kier alpha value is -1.88. The third-order valence-electron chi connectivity index (χ3n) is 2.81. The van der Waals surface area contributed by atoms with Crippen LogP contribution in [0.2, 0.25) is 5.02 Å². The smallest absolute Gasteiger partial charge is 0.406 e. The molecule has 2 nitrogen and oxygen atoms in total. The standard InChI is InChI=1S/C15H13ClF3NO/c1-20(2)14-12(7-4-8-13(14)16)10-5-3-6-11(9-10)21-15(17,18)19/h3-9H,1-2H3. The summed E-state index contributed by atoms with van der Waals surface area (Å²) in [5.74, 6) is -0.260. The minimum Gasteiger partial charge on any atom is -0.406 e. The predicted molar refractivity (Wildman–Crippen MR) is 77.9 cm³/mol. The molecule has 0 aliphatic heterocycles. The Labute approximate surface area is 125 Å². The van der Waals surface area contributed by atoms with Crippen molar-refractivity contribution in [2.45, 2.75) is 6.36 Å². The molecule has 0 fully saturated rings. The summed E-state index contributed by atoms with van der Waals surface area (Å²) in [5.41, 5.74) is 2.08. The third-order valence-corrected chi connectivity index (χ3v) is 3.12. The summed E-state index contributed by atoms with van der Waals surface area (Å²) in [6.07, 6.45) is -4.71. The minimum absolute atomic E-state index is 0.260. The van der Waals surface area contributed by atoms with Crippen LogP contribution in [0, 0.1) is 0 Å². The monoisotopic (exact) mass is 315 g/mol. The van der Waals surface area contributed by atoms with E-state index < -0.39 is 6.36 Å². The summed E-state index contributed by atoms with van der Waals surface area (Å²) in [4.78, 5) is 1.81. The fraction of sp³-hybridized carbons (Fsp3) is 0.200. The first-order valence-corrected chi connectivity index (χ1v) is 6.48. The van der Waals surface area contributed by atoms with Crippen LogP contribution in [-0.2, 0) is 0 Å². The summed E-state index contributed by atoms with van der Waals surface area (Å²) >= 11 is 6.17. The van der Waals surface area contributed by atoms with E-state index in [4.69, 9.17) is 11.6 Å². The number of halogens is 4. The zero-order chi connectivity index (χ0) is 15.6. The Kier molecular flexibility index (Phi) is 4.32. The van der Waals surface area contributed by atoms with Crippen molar-refractivity contribution >= 4 is 17.3 Å². The lowest BCUT2D eigenvalue weighted by molar-refractivity contribution is -0.274. The first kappa shape index (κ1) is 15.5. The topological polar surface area (TPSA) is 12.5 Å². The van der Waals surface area contributed by atoms with Crippen molar-refractivity contribution in [3.63, 3.8) is 0 Å². The molecule has 0 N–H and O–H groups in total. The summed E-state index contributed by atoms with van der Waals surface area (Å²) in [6, 6.07) is 11.1. The second-order valence-corrected chi connectivity index (χ2v) is 5.01. The average molecular weight is 316 g/mol. The van der Waals surface area contributed by atoms with Crippen molar-refractivity contribution in [2.24, 2.45) is 0 Å². The van der Waals surface area contributed by atoms with Crippen LogP contribution < -0.4 is 9.64 Å². The summed E-state index contributed by atoms with van der Waals surface area (Å²) in [7, 11) is 3.64. The van der Waals surface area contributed by atoms with Gasteiger partial charge in [-0.15, -0.1) is 13.2 Å². The zero-order valence-corrected chi connectivity index (χ0v) is 12.2. The maximum atomic E-state index is 12.3. The molecule has 2 aromatic rings. The van der Waals surface area contributed by atoms with Gasteiger partial charge in [-0.1, -0.05) is 35.9 Å². The highest BCUT2D eigenvalue weighted by atomic mass is 35.5. The lowest BCUT2D eigenvalue weighted by Crippen LogP contribution is -2.17. The van der Waals surface area contributed by atoms with Gasteiger partial charge in [-0.2, -0.15) is 0 Å². The SMILES string of the molecule is CN(C)c1c(Cl)cccc1-c1cccc(OC(F)(F)F)c1. The second-order valence-electron chi connectivity index (χ2n) is 4.61. The highest BCUT2D eigenvalue weighted by Gasteiger charge is 2.31. The Morgan fingerprint density at radius 3 is 2.33 bits per heavy atom. The number of anilines is 1. The van der Waals surface area contributed by atoms with Crippen LogP contribution in [0.3, 0.4) is 0 Å². The molecule has 21 heavy (non-hydrogen) atoms. The zero-order valence-electron chi connectivity index (χ0n) is 11.4. The van der Waals surface area contributed by atoms with Crippen LogP contribution in [-0.4, -0.2) is 20.5 Å². The van der Waals surface area contributed by atoms with Gasteiger partial charge in [0.1, 0.15) is 5.75 Å². The molecule has 0 amide bonds. The van der Waals surface area contributed by atoms with Crippen LogP contribution in [0.1, 0.15) is 0 Å². The van der Waals surface area contributed by atoms with E-state index in [1.165, 1.54) is 18.2 Å². The molecule has 0 saturated carbocycles. The highest BCUT2D eigenvalue weighted by Crippen LogP contribution is 2.37. The van der Waals surface area contributed by atoms with Crippen LogP contribution in [0.5, 0.6) is 5.75 Å². The fourth-order valence-electron chi connectivity index (χ4n) is 2.06. The molecule has 2 aromatic carbocycles. The minimum atomic E-state index is -4.71. The normalized spacial score (nSPS) is 11.3. The van der Waals surface area contributed by atoms with Gasteiger partial charge < -0.3 is 9.64 Å². The fourth-order valence-corrected chi connectivity index (χ4v) is 2.41. The van der Waals surface area contributed by atoms with Gasteiger partial charge in [0.2, 0.25) is 0 Å². The molecule has 0 bridgehead atoms. The van der Waals surface area contributed by atoms with Gasteiger partial charge in [0.15, 0.2) is 0 Å². The summed E-state index contributed by atoms with van der Waals surface area (Å²) in [6.45, 7) is 0. The molecule has 0 aliphatic carbocycles. The van der Waals surface area contributed by atoms with Crippen LogP contribution >= 0.6 is 11.6 Å². The largest absolute Gasteiger partial charge is 0.573 e. The van der Waals surface area contributed by atoms with Crippen molar-refractivity contribution in [3.8, 4) is 16.9 Å². The Morgan fingerprint density at radius 2 is 1.71 bits per heavy atom. The van der Waals surface area contributed by atoms with E-state index in [1.807, 2.05) is 19.0 Å². The van der Waals surface area contributed by atoms with Crippen LogP contribution in [0.4, 0.5) is 18.9 Å². The molecule has 0 unspecified atom stereocenters. The summed E-state index contributed by atoms with van der Waals surface area (Å²) in [5, 5.41) is 0.527. The molecular formula is C15H13ClF3NO. The van der Waals surface area contributed by atoms with Gasteiger partial charge >= 0.3 is 6.36 Å². The predicted octanol–water partition coefficient (Wildman–Crippen LogP) is 4.97. The van der Waals surface area contributed by atoms with E-state index in [9.17, 15) is 13.2 Å². The molecule has 0 aromatic heterocycles. The quantitative estimate of drug-likeness (QED) is 0.792. The number of para-hydroxylation sites is 1. The maximum absolute atomic E-state index is 12.3. The number of ether oxygens (including phenoxy) is 1. The van der Waals surface area contributed by atoms with Crippen LogP contribution in [0.15, 0.2) is 42.5 Å². The lowest BCUT2D eigenvalue weighted by Gasteiger charge is -2.19. The van der Waals surface area contributed by atoms with E-state index in [1.54, 1.807) is 24.3 Å². The molecule has 6 heteroatoms. The van der Waals surface area contributed by atoms with E-state index >= 15 is 0 Å².